The van der Waals surface area contributed by atoms with E-state index in [1.165, 1.54) is 29.5 Å². The number of aromatic nitrogens is 1. The van der Waals surface area contributed by atoms with Gasteiger partial charge >= 0.3 is 11.9 Å². The van der Waals surface area contributed by atoms with Crippen LogP contribution in [0.3, 0.4) is 0 Å². The van der Waals surface area contributed by atoms with Gasteiger partial charge in [0.1, 0.15) is 0 Å². The van der Waals surface area contributed by atoms with Gasteiger partial charge in [-0.2, -0.15) is 0 Å². The van der Waals surface area contributed by atoms with E-state index in [1.54, 1.807) is 5.57 Å². The average Bonchev–Trinajstić information content (AvgIpc) is 3.30. The Labute approximate surface area is 245 Å². The van der Waals surface area contributed by atoms with Crippen molar-refractivity contribution in [2.45, 2.75) is 71.8 Å². The van der Waals surface area contributed by atoms with E-state index in [9.17, 15) is 14.7 Å². The predicted octanol–water partition coefficient (Wildman–Crippen LogP) is 6.30. The zero-order valence-corrected chi connectivity index (χ0v) is 25.5. The highest BCUT2D eigenvalue weighted by atomic mass is 16.4. The van der Waals surface area contributed by atoms with Crippen LogP contribution in [-0.2, 0) is 16.0 Å². The average molecular weight is 565 g/mol. The molecule has 2 aliphatic carbocycles. The maximum Gasteiger partial charge on any atom is 0.328 e. The normalized spacial score (nSPS) is 20.7. The highest BCUT2D eigenvalue weighted by Gasteiger charge is 2.29. The van der Waals surface area contributed by atoms with Crippen LogP contribution in [0.2, 0.25) is 0 Å². The molecular formula is C34H48N2O5. The summed E-state index contributed by atoms with van der Waals surface area (Å²) in [6.07, 6.45) is 8.75. The number of carbonyl (C=O) groups is 2. The summed E-state index contributed by atoms with van der Waals surface area (Å²) in [6.45, 7) is 10.0. The van der Waals surface area contributed by atoms with Gasteiger partial charge in [0.25, 0.3) is 0 Å². The lowest BCUT2D eigenvalue weighted by atomic mass is 9.75. The van der Waals surface area contributed by atoms with E-state index in [0.29, 0.717) is 29.9 Å². The van der Waals surface area contributed by atoms with Crippen LogP contribution < -0.4 is 0 Å². The summed E-state index contributed by atoms with van der Waals surface area (Å²) in [5, 5.41) is 25.3. The molecule has 4 atom stereocenters. The number of rotatable bonds is 8. The highest BCUT2D eigenvalue weighted by Crippen LogP contribution is 2.42. The second kappa shape index (κ2) is 16.8. The summed E-state index contributed by atoms with van der Waals surface area (Å²) in [5.41, 5.74) is 7.13. The summed E-state index contributed by atoms with van der Waals surface area (Å²) >= 11 is 0. The number of allylic oxidation sites excluding steroid dienone is 1. The molecule has 2 aromatic rings. The van der Waals surface area contributed by atoms with Crippen molar-refractivity contribution < 1.29 is 24.9 Å². The first-order valence-electron chi connectivity index (χ1n) is 14.6. The smallest absolute Gasteiger partial charge is 0.328 e. The third-order valence-corrected chi connectivity index (χ3v) is 7.87. The Morgan fingerprint density at radius 1 is 1.00 bits per heavy atom. The van der Waals surface area contributed by atoms with Gasteiger partial charge in [-0.3, -0.25) is 4.98 Å². The molecule has 0 saturated heterocycles. The second-order valence-electron chi connectivity index (χ2n) is 11.8. The number of fused-ring (bicyclic) bond motifs is 1. The lowest BCUT2D eigenvalue weighted by molar-refractivity contribution is -0.134. The Morgan fingerprint density at radius 2 is 1.63 bits per heavy atom. The van der Waals surface area contributed by atoms with Gasteiger partial charge in [-0.1, -0.05) is 70.0 Å². The Morgan fingerprint density at radius 3 is 2.17 bits per heavy atom. The zero-order valence-electron chi connectivity index (χ0n) is 25.5. The molecule has 3 N–H and O–H groups in total. The lowest BCUT2D eigenvalue weighted by Crippen LogP contribution is -2.31. The molecule has 1 fully saturated rings. The van der Waals surface area contributed by atoms with Gasteiger partial charge in [-0.25, -0.2) is 9.59 Å². The topological polar surface area (TPSA) is 111 Å². The Kier molecular flexibility index (Phi) is 13.9. The Balaban J connectivity index is 0.000000258. The number of hydrogen-bond acceptors (Lipinski definition) is 5. The quantitative estimate of drug-likeness (QED) is 0.323. The van der Waals surface area contributed by atoms with E-state index in [-0.39, 0.29) is 6.10 Å². The summed E-state index contributed by atoms with van der Waals surface area (Å²) in [6, 6.07) is 15.0. The molecule has 0 amide bonds. The third kappa shape index (κ3) is 11.2. The molecule has 0 bridgehead atoms. The fourth-order valence-corrected chi connectivity index (χ4v) is 5.65. The maximum absolute atomic E-state index is 9.71. The Hall–Kier alpha value is -3.29. The summed E-state index contributed by atoms with van der Waals surface area (Å²) in [7, 11) is 4.29. The first-order chi connectivity index (χ1) is 19.4. The number of pyridine rings is 1. The van der Waals surface area contributed by atoms with E-state index in [4.69, 9.17) is 10.2 Å². The molecule has 1 aromatic carbocycles. The standard InChI is InChI=1S/C20H24N2.C10H20O.C4H4O4/c1-15(19-10-6-7-12-21-19)20-17(11-13-22(2)3)14-16-8-4-5-9-18(16)20;1-7(2)9-5-4-8(3)6-10(9)11;5-3(6)1-2-4(7)8/h4-10,12,15H,11,13-14H2,1-3H3;7-11H,4-6H2,1-3H3;1-2H,(H,5,6)(H,7,8)/b;;2-1-/t;8-,9+,10-;/m.1./s1. The summed E-state index contributed by atoms with van der Waals surface area (Å²) in [4.78, 5) is 26.0. The molecule has 2 aliphatic rings. The number of benzene rings is 1. The largest absolute Gasteiger partial charge is 0.478 e. The molecule has 0 radical (unpaired) electrons. The first kappa shape index (κ1) is 33.9. The van der Waals surface area contributed by atoms with E-state index in [1.807, 2.05) is 12.3 Å². The molecule has 4 rings (SSSR count). The fraction of sp³-hybridized carbons (Fsp3) is 0.500. The van der Waals surface area contributed by atoms with Crippen LogP contribution in [0.1, 0.15) is 76.1 Å². The van der Waals surface area contributed by atoms with Crippen molar-refractivity contribution in [1.82, 2.24) is 9.88 Å². The van der Waals surface area contributed by atoms with Crippen molar-refractivity contribution in [2.24, 2.45) is 17.8 Å². The molecule has 0 aliphatic heterocycles. The van der Waals surface area contributed by atoms with Crippen LogP contribution in [-0.4, -0.2) is 63.9 Å². The van der Waals surface area contributed by atoms with E-state index >= 15 is 0 Å². The minimum absolute atomic E-state index is 0.0289. The molecular weight excluding hydrogens is 516 g/mol. The number of aliphatic hydroxyl groups excluding tert-OH is 1. The second-order valence-corrected chi connectivity index (χ2v) is 11.8. The van der Waals surface area contributed by atoms with Crippen LogP contribution >= 0.6 is 0 Å². The molecule has 1 heterocycles. The summed E-state index contributed by atoms with van der Waals surface area (Å²) < 4.78 is 0. The SMILES string of the molecule is CC(C)[C@@H]1CC[C@@H](C)C[C@H]1O.CC(C1=C(CCN(C)C)Cc2ccccc21)c1ccccn1.O=C(O)/C=C\C(=O)O. The molecule has 1 unspecified atom stereocenters. The van der Waals surface area contributed by atoms with Gasteiger partial charge in [-0.15, -0.1) is 0 Å². The van der Waals surface area contributed by atoms with Crippen molar-refractivity contribution in [2.75, 3.05) is 20.6 Å². The van der Waals surface area contributed by atoms with Crippen molar-refractivity contribution >= 4 is 17.5 Å². The van der Waals surface area contributed by atoms with Crippen molar-refractivity contribution in [3.05, 3.63) is 83.2 Å². The molecule has 0 spiro atoms. The number of hydrogen-bond donors (Lipinski definition) is 3. The fourth-order valence-electron chi connectivity index (χ4n) is 5.65. The van der Waals surface area contributed by atoms with E-state index < -0.39 is 11.9 Å². The van der Waals surface area contributed by atoms with Gasteiger partial charge in [0.05, 0.1) is 6.10 Å². The monoisotopic (exact) mass is 564 g/mol. The van der Waals surface area contributed by atoms with E-state index in [2.05, 4.69) is 88.1 Å². The molecule has 1 saturated carbocycles. The van der Waals surface area contributed by atoms with E-state index in [0.717, 1.165) is 37.4 Å². The van der Waals surface area contributed by atoms with Crippen molar-refractivity contribution in [3.63, 3.8) is 0 Å². The van der Waals surface area contributed by atoms with Gasteiger partial charge in [0.2, 0.25) is 0 Å². The minimum atomic E-state index is -1.26. The third-order valence-electron chi connectivity index (χ3n) is 7.87. The highest BCUT2D eigenvalue weighted by molar-refractivity contribution is 5.89. The zero-order chi connectivity index (χ0) is 30.5. The molecule has 7 nitrogen and oxygen atoms in total. The Bertz CT molecular complexity index is 1160. The first-order valence-corrected chi connectivity index (χ1v) is 14.6. The van der Waals surface area contributed by atoms with Crippen LogP contribution in [0, 0.1) is 17.8 Å². The van der Waals surface area contributed by atoms with Gasteiger partial charge in [0.15, 0.2) is 0 Å². The number of aliphatic carboxylic acids is 2. The van der Waals surface area contributed by atoms with Crippen molar-refractivity contribution in [1.29, 1.82) is 0 Å². The molecule has 7 heteroatoms. The van der Waals surface area contributed by atoms with Crippen LogP contribution in [0.15, 0.2) is 66.4 Å². The lowest BCUT2D eigenvalue weighted by Gasteiger charge is -2.33. The van der Waals surface area contributed by atoms with Crippen LogP contribution in [0.4, 0.5) is 0 Å². The van der Waals surface area contributed by atoms with Crippen LogP contribution in [0.5, 0.6) is 0 Å². The van der Waals surface area contributed by atoms with Gasteiger partial charge in [0, 0.05) is 36.5 Å². The van der Waals surface area contributed by atoms with Gasteiger partial charge < -0.3 is 20.2 Å². The van der Waals surface area contributed by atoms with Crippen LogP contribution in [0.25, 0.3) is 5.57 Å². The number of carboxylic acid groups (broad SMARTS) is 2. The number of carboxylic acids is 2. The molecule has 1 aromatic heterocycles. The maximum atomic E-state index is 9.71. The molecule has 41 heavy (non-hydrogen) atoms. The van der Waals surface area contributed by atoms with Crippen molar-refractivity contribution in [3.8, 4) is 0 Å². The number of nitrogens with zero attached hydrogens (tertiary/aromatic N) is 2. The molecule has 224 valence electrons. The number of aliphatic hydroxyl groups is 1. The minimum Gasteiger partial charge on any atom is -0.478 e. The predicted molar refractivity (Wildman–Crippen MR) is 165 cm³/mol. The van der Waals surface area contributed by atoms with Gasteiger partial charge in [-0.05, 0) is 86.4 Å². The summed E-state index contributed by atoms with van der Waals surface area (Å²) in [5.74, 6) is -0.217.